The van der Waals surface area contributed by atoms with E-state index in [9.17, 15) is 9.90 Å². The summed E-state index contributed by atoms with van der Waals surface area (Å²) in [7, 11) is 0. The van der Waals surface area contributed by atoms with Crippen LogP contribution in [0.3, 0.4) is 0 Å². The Labute approximate surface area is 129 Å². The first kappa shape index (κ1) is 14.4. The molecule has 0 aromatic heterocycles. The molecule has 2 aromatic rings. The summed E-state index contributed by atoms with van der Waals surface area (Å²) >= 11 is 0. The number of phenols is 1. The van der Waals surface area contributed by atoms with Gasteiger partial charge in [-0.15, -0.1) is 0 Å². The normalized spacial score (nSPS) is 15.2. The minimum atomic E-state index is -0.546. The fourth-order valence-electron chi connectivity index (χ4n) is 2.67. The van der Waals surface area contributed by atoms with Gasteiger partial charge in [-0.3, -0.25) is 0 Å². The van der Waals surface area contributed by atoms with Crippen LogP contribution in [0.15, 0.2) is 30.3 Å². The molecule has 1 N–H and O–H groups in total. The number of carbonyl (C=O) groups is 1. The molecule has 0 saturated heterocycles. The van der Waals surface area contributed by atoms with Gasteiger partial charge in [-0.05, 0) is 26.8 Å². The molecule has 3 rings (SSSR count). The van der Waals surface area contributed by atoms with E-state index in [0.29, 0.717) is 16.7 Å². The topological polar surface area (TPSA) is 55.8 Å². The number of hydrogen-bond acceptors (Lipinski definition) is 4. The summed E-state index contributed by atoms with van der Waals surface area (Å²) in [6, 6.07) is 7.33. The molecule has 114 valence electrons. The number of esters is 1. The molecular formula is C18H18O4. The van der Waals surface area contributed by atoms with Crippen molar-refractivity contribution in [2.75, 3.05) is 6.61 Å². The molecule has 0 radical (unpaired) electrons. The third kappa shape index (κ3) is 2.21. The molecule has 22 heavy (non-hydrogen) atoms. The van der Waals surface area contributed by atoms with Crippen molar-refractivity contribution in [1.82, 2.24) is 0 Å². The standard InChI is InChI=1S/C18H18O4/c1-4-21-17(20)14-13-9-10-18(2,3)22-16(13)12-8-6-5-7-11(12)15(14)19/h5-10,19H,4H2,1-3H3. The van der Waals surface area contributed by atoms with Gasteiger partial charge in [-0.2, -0.15) is 0 Å². The Bertz CT molecular complexity index is 787. The molecule has 0 unspecified atom stereocenters. The predicted octanol–water partition coefficient (Wildman–Crippen LogP) is 3.91. The molecule has 0 bridgehead atoms. The van der Waals surface area contributed by atoms with Crippen molar-refractivity contribution in [1.29, 1.82) is 0 Å². The lowest BCUT2D eigenvalue weighted by atomic mass is 9.93. The largest absolute Gasteiger partial charge is 0.506 e. The van der Waals surface area contributed by atoms with Gasteiger partial charge in [0.25, 0.3) is 0 Å². The van der Waals surface area contributed by atoms with Gasteiger partial charge in [0.05, 0.1) is 6.61 Å². The molecule has 1 heterocycles. The van der Waals surface area contributed by atoms with Crippen LogP contribution in [0.25, 0.3) is 16.8 Å². The van der Waals surface area contributed by atoms with Crippen molar-refractivity contribution in [3.63, 3.8) is 0 Å². The monoisotopic (exact) mass is 298 g/mol. The first-order valence-corrected chi connectivity index (χ1v) is 7.27. The van der Waals surface area contributed by atoms with Crippen LogP contribution in [0.2, 0.25) is 0 Å². The molecule has 0 aliphatic carbocycles. The van der Waals surface area contributed by atoms with Crippen LogP contribution in [0, 0.1) is 0 Å². The maximum atomic E-state index is 12.3. The van der Waals surface area contributed by atoms with Gasteiger partial charge in [0, 0.05) is 16.3 Å². The molecule has 0 amide bonds. The van der Waals surface area contributed by atoms with E-state index in [1.54, 1.807) is 13.0 Å². The van der Waals surface area contributed by atoms with Crippen molar-refractivity contribution in [2.24, 2.45) is 0 Å². The highest BCUT2D eigenvalue weighted by molar-refractivity contribution is 6.08. The zero-order chi connectivity index (χ0) is 15.9. The van der Waals surface area contributed by atoms with Crippen LogP contribution in [0.1, 0.15) is 36.7 Å². The number of benzene rings is 2. The fourth-order valence-corrected chi connectivity index (χ4v) is 2.67. The summed E-state index contributed by atoms with van der Waals surface area (Å²) in [6.07, 6.45) is 3.68. The number of carbonyl (C=O) groups excluding carboxylic acids is 1. The van der Waals surface area contributed by atoms with Crippen LogP contribution in [0.4, 0.5) is 0 Å². The van der Waals surface area contributed by atoms with Crippen molar-refractivity contribution in [2.45, 2.75) is 26.4 Å². The molecule has 0 fully saturated rings. The second kappa shape index (κ2) is 5.05. The van der Waals surface area contributed by atoms with Gasteiger partial charge in [-0.25, -0.2) is 4.79 Å². The van der Waals surface area contributed by atoms with E-state index in [1.807, 2.05) is 44.2 Å². The Morgan fingerprint density at radius 1 is 1.27 bits per heavy atom. The molecule has 0 spiro atoms. The van der Waals surface area contributed by atoms with E-state index in [2.05, 4.69) is 0 Å². The van der Waals surface area contributed by atoms with Gasteiger partial charge in [-0.1, -0.05) is 30.3 Å². The van der Waals surface area contributed by atoms with Gasteiger partial charge in [0.1, 0.15) is 22.7 Å². The van der Waals surface area contributed by atoms with Crippen LogP contribution in [0.5, 0.6) is 11.5 Å². The number of aromatic hydroxyl groups is 1. The van der Waals surface area contributed by atoms with Crippen molar-refractivity contribution in [3.8, 4) is 11.5 Å². The summed E-state index contributed by atoms with van der Waals surface area (Å²) in [5.41, 5.74) is 0.245. The fraction of sp³-hybridized carbons (Fsp3) is 0.278. The lowest BCUT2D eigenvalue weighted by molar-refractivity contribution is 0.0521. The number of phenolic OH excluding ortho intramolecular Hbond substituents is 1. The number of hydrogen-bond donors (Lipinski definition) is 1. The highest BCUT2D eigenvalue weighted by Gasteiger charge is 2.30. The highest BCUT2D eigenvalue weighted by atomic mass is 16.5. The maximum absolute atomic E-state index is 12.3. The second-order valence-corrected chi connectivity index (χ2v) is 5.77. The molecule has 1 aliphatic heterocycles. The maximum Gasteiger partial charge on any atom is 0.342 e. The molecule has 1 aliphatic rings. The molecule has 0 atom stereocenters. The van der Waals surface area contributed by atoms with Gasteiger partial charge < -0.3 is 14.6 Å². The average molecular weight is 298 g/mol. The minimum Gasteiger partial charge on any atom is -0.506 e. The van der Waals surface area contributed by atoms with E-state index in [4.69, 9.17) is 9.47 Å². The van der Waals surface area contributed by atoms with Crippen LogP contribution in [-0.4, -0.2) is 23.3 Å². The smallest absolute Gasteiger partial charge is 0.342 e. The summed E-state index contributed by atoms with van der Waals surface area (Å²) in [5.74, 6) is -0.0142. The van der Waals surface area contributed by atoms with Crippen LogP contribution >= 0.6 is 0 Å². The Kier molecular flexibility index (Phi) is 3.32. The number of rotatable bonds is 2. The van der Waals surface area contributed by atoms with Gasteiger partial charge in [0.2, 0.25) is 0 Å². The Balaban J connectivity index is 2.37. The number of fused-ring (bicyclic) bond motifs is 3. The first-order valence-electron chi connectivity index (χ1n) is 7.27. The van der Waals surface area contributed by atoms with E-state index in [-0.39, 0.29) is 17.9 Å². The molecular weight excluding hydrogens is 280 g/mol. The summed E-state index contributed by atoms with van der Waals surface area (Å²) in [5, 5.41) is 11.9. The second-order valence-electron chi connectivity index (χ2n) is 5.77. The van der Waals surface area contributed by atoms with Crippen LogP contribution < -0.4 is 4.74 Å². The van der Waals surface area contributed by atoms with E-state index in [1.165, 1.54) is 0 Å². The summed E-state index contributed by atoms with van der Waals surface area (Å²) in [6.45, 7) is 5.87. The van der Waals surface area contributed by atoms with Crippen LogP contribution in [-0.2, 0) is 4.74 Å². The van der Waals surface area contributed by atoms with Crippen molar-refractivity contribution < 1.29 is 19.4 Å². The average Bonchev–Trinajstić information content (AvgIpc) is 2.48. The number of ether oxygens (including phenoxy) is 2. The SMILES string of the molecule is CCOC(=O)c1c2c(c3ccccc3c1O)OC(C)(C)C=C2. The molecule has 2 aromatic carbocycles. The lowest BCUT2D eigenvalue weighted by Crippen LogP contribution is -2.28. The van der Waals surface area contributed by atoms with E-state index in [0.717, 1.165) is 5.39 Å². The Morgan fingerprint density at radius 2 is 1.95 bits per heavy atom. The first-order chi connectivity index (χ1) is 10.4. The minimum absolute atomic E-state index is 0.0687. The van der Waals surface area contributed by atoms with E-state index >= 15 is 0 Å². The molecule has 4 heteroatoms. The third-order valence-corrected chi connectivity index (χ3v) is 3.67. The summed E-state index contributed by atoms with van der Waals surface area (Å²) < 4.78 is 11.1. The Morgan fingerprint density at radius 3 is 2.64 bits per heavy atom. The van der Waals surface area contributed by atoms with Gasteiger partial charge >= 0.3 is 5.97 Å². The third-order valence-electron chi connectivity index (χ3n) is 3.67. The predicted molar refractivity (Wildman–Crippen MR) is 85.3 cm³/mol. The zero-order valence-electron chi connectivity index (χ0n) is 12.8. The van der Waals surface area contributed by atoms with Gasteiger partial charge in [0.15, 0.2) is 0 Å². The van der Waals surface area contributed by atoms with Crippen molar-refractivity contribution >= 4 is 22.8 Å². The zero-order valence-corrected chi connectivity index (χ0v) is 12.8. The molecule has 0 saturated carbocycles. The Hall–Kier alpha value is -2.49. The highest BCUT2D eigenvalue weighted by Crippen LogP contribution is 2.44. The lowest BCUT2D eigenvalue weighted by Gasteiger charge is -2.30. The summed E-state index contributed by atoms with van der Waals surface area (Å²) in [4.78, 5) is 12.3. The molecule has 4 nitrogen and oxygen atoms in total. The van der Waals surface area contributed by atoms with Crippen molar-refractivity contribution in [3.05, 3.63) is 41.5 Å². The van der Waals surface area contributed by atoms with E-state index < -0.39 is 11.6 Å². The quantitative estimate of drug-likeness (QED) is 0.854.